The molecule has 1 fully saturated rings. The Labute approximate surface area is 68.2 Å². The molecule has 0 radical (unpaired) electrons. The summed E-state index contributed by atoms with van der Waals surface area (Å²) in [4.78, 5) is 0. The van der Waals surface area contributed by atoms with Crippen LogP contribution in [0.25, 0.3) is 0 Å². The molecule has 1 saturated heterocycles. The van der Waals surface area contributed by atoms with Gasteiger partial charge in [0.1, 0.15) is 0 Å². The van der Waals surface area contributed by atoms with Crippen LogP contribution in [0.15, 0.2) is 23.3 Å². The van der Waals surface area contributed by atoms with Gasteiger partial charge in [0.05, 0.1) is 0 Å². The summed E-state index contributed by atoms with van der Waals surface area (Å²) in [6, 6.07) is 0.638. The summed E-state index contributed by atoms with van der Waals surface area (Å²) in [5.74, 6) is 0.777. The standard InChI is InChI=1S/C10H15N/c1-7-5-9-3-4-11-10(9)6-8(7)2/h5-6,9-11H,3-4H2,1-2H3. The first-order valence-corrected chi connectivity index (χ1v) is 4.38. The van der Waals surface area contributed by atoms with Crippen LogP contribution in [0.1, 0.15) is 20.3 Å². The highest BCUT2D eigenvalue weighted by Crippen LogP contribution is 2.27. The minimum absolute atomic E-state index is 0.638. The van der Waals surface area contributed by atoms with Crippen LogP contribution in [0.4, 0.5) is 0 Å². The Hall–Kier alpha value is -0.560. The maximum atomic E-state index is 3.49. The normalized spacial score (nSPS) is 36.2. The van der Waals surface area contributed by atoms with E-state index in [1.54, 1.807) is 0 Å². The first-order chi connectivity index (χ1) is 5.27. The van der Waals surface area contributed by atoms with Gasteiger partial charge in [0.25, 0.3) is 0 Å². The highest BCUT2D eigenvalue weighted by atomic mass is 14.9. The maximum Gasteiger partial charge on any atom is 0.0319 e. The molecule has 1 aliphatic heterocycles. The summed E-state index contributed by atoms with van der Waals surface area (Å²) in [7, 11) is 0. The molecule has 1 nitrogen and oxygen atoms in total. The molecule has 0 saturated carbocycles. The van der Waals surface area contributed by atoms with Gasteiger partial charge in [-0.2, -0.15) is 0 Å². The van der Waals surface area contributed by atoms with Crippen LogP contribution in [0.2, 0.25) is 0 Å². The largest absolute Gasteiger partial charge is 0.310 e. The molecule has 1 heterocycles. The van der Waals surface area contributed by atoms with Gasteiger partial charge in [0.2, 0.25) is 0 Å². The molecule has 0 aromatic heterocycles. The van der Waals surface area contributed by atoms with Crippen molar-refractivity contribution in [2.75, 3.05) is 6.54 Å². The summed E-state index contributed by atoms with van der Waals surface area (Å²) < 4.78 is 0. The van der Waals surface area contributed by atoms with Crippen molar-refractivity contribution in [2.45, 2.75) is 26.3 Å². The molecule has 2 rings (SSSR count). The van der Waals surface area contributed by atoms with Crippen LogP contribution in [0.3, 0.4) is 0 Å². The molecule has 0 aromatic rings. The summed E-state index contributed by atoms with van der Waals surface area (Å²) in [6.07, 6.45) is 6.10. The van der Waals surface area contributed by atoms with Gasteiger partial charge in [0.15, 0.2) is 0 Å². The lowest BCUT2D eigenvalue weighted by Crippen LogP contribution is -2.26. The molecule has 0 spiro atoms. The second-order valence-electron chi connectivity index (χ2n) is 3.63. The van der Waals surface area contributed by atoms with E-state index in [4.69, 9.17) is 0 Å². The van der Waals surface area contributed by atoms with E-state index in [0.29, 0.717) is 6.04 Å². The zero-order valence-electron chi connectivity index (χ0n) is 7.22. The van der Waals surface area contributed by atoms with E-state index in [-0.39, 0.29) is 0 Å². The molecule has 1 heteroatoms. The van der Waals surface area contributed by atoms with E-state index in [1.165, 1.54) is 24.1 Å². The molecule has 11 heavy (non-hydrogen) atoms. The van der Waals surface area contributed by atoms with Crippen molar-refractivity contribution >= 4 is 0 Å². The summed E-state index contributed by atoms with van der Waals surface area (Å²) >= 11 is 0. The molecule has 60 valence electrons. The summed E-state index contributed by atoms with van der Waals surface area (Å²) in [6.45, 7) is 5.59. The van der Waals surface area contributed by atoms with Crippen molar-refractivity contribution in [3.8, 4) is 0 Å². The summed E-state index contributed by atoms with van der Waals surface area (Å²) in [5.41, 5.74) is 2.91. The van der Waals surface area contributed by atoms with Gasteiger partial charge in [-0.1, -0.05) is 23.3 Å². The van der Waals surface area contributed by atoms with Crippen molar-refractivity contribution in [3.05, 3.63) is 23.3 Å². The first-order valence-electron chi connectivity index (χ1n) is 4.38. The van der Waals surface area contributed by atoms with Crippen LogP contribution in [0, 0.1) is 5.92 Å². The zero-order valence-corrected chi connectivity index (χ0v) is 7.22. The Kier molecular flexibility index (Phi) is 1.61. The highest BCUT2D eigenvalue weighted by molar-refractivity contribution is 5.34. The van der Waals surface area contributed by atoms with E-state index < -0.39 is 0 Å². The smallest absolute Gasteiger partial charge is 0.0319 e. The number of rotatable bonds is 0. The average Bonchev–Trinajstić information content (AvgIpc) is 2.36. The SMILES string of the molecule is CC1=CC2CCNC2C=C1C. The van der Waals surface area contributed by atoms with E-state index >= 15 is 0 Å². The number of hydrogen-bond acceptors (Lipinski definition) is 1. The van der Waals surface area contributed by atoms with Gasteiger partial charge >= 0.3 is 0 Å². The van der Waals surface area contributed by atoms with Gasteiger partial charge in [-0.25, -0.2) is 0 Å². The third-order valence-electron chi connectivity index (χ3n) is 2.83. The third-order valence-corrected chi connectivity index (χ3v) is 2.83. The van der Waals surface area contributed by atoms with E-state index in [9.17, 15) is 0 Å². The topological polar surface area (TPSA) is 12.0 Å². The quantitative estimate of drug-likeness (QED) is 0.554. The molecule has 2 aliphatic rings. The van der Waals surface area contributed by atoms with Gasteiger partial charge in [-0.15, -0.1) is 0 Å². The monoisotopic (exact) mass is 149 g/mol. The second kappa shape index (κ2) is 2.49. The van der Waals surface area contributed by atoms with Crippen molar-refractivity contribution < 1.29 is 0 Å². The highest BCUT2D eigenvalue weighted by Gasteiger charge is 2.25. The van der Waals surface area contributed by atoms with Gasteiger partial charge < -0.3 is 5.32 Å². The van der Waals surface area contributed by atoms with Crippen LogP contribution in [0.5, 0.6) is 0 Å². The maximum absolute atomic E-state index is 3.49. The Morgan fingerprint density at radius 1 is 1.27 bits per heavy atom. The molecule has 0 aromatic carbocycles. The fourth-order valence-electron chi connectivity index (χ4n) is 1.97. The van der Waals surface area contributed by atoms with E-state index in [2.05, 4.69) is 31.3 Å². The molecule has 0 amide bonds. The molecule has 1 aliphatic carbocycles. The third kappa shape index (κ3) is 1.14. The Balaban J connectivity index is 2.26. The number of allylic oxidation sites excluding steroid dienone is 2. The zero-order chi connectivity index (χ0) is 7.84. The number of fused-ring (bicyclic) bond motifs is 1. The molecule has 0 bridgehead atoms. The fraction of sp³-hybridized carbons (Fsp3) is 0.600. The predicted octanol–water partition coefficient (Wildman–Crippen LogP) is 1.87. The van der Waals surface area contributed by atoms with Crippen molar-refractivity contribution in [1.82, 2.24) is 5.32 Å². The van der Waals surface area contributed by atoms with Gasteiger partial charge in [-0.3, -0.25) is 0 Å². The van der Waals surface area contributed by atoms with Crippen LogP contribution < -0.4 is 5.32 Å². The Bertz CT molecular complexity index is 201. The van der Waals surface area contributed by atoms with Crippen LogP contribution in [-0.2, 0) is 0 Å². The minimum atomic E-state index is 0.638. The Morgan fingerprint density at radius 2 is 2.00 bits per heavy atom. The lowest BCUT2D eigenvalue weighted by Gasteiger charge is -2.20. The van der Waals surface area contributed by atoms with Crippen LogP contribution >= 0.6 is 0 Å². The lowest BCUT2D eigenvalue weighted by molar-refractivity contribution is 0.603. The molecular weight excluding hydrogens is 134 g/mol. The minimum Gasteiger partial charge on any atom is -0.310 e. The number of nitrogens with one attached hydrogen (secondary N) is 1. The lowest BCUT2D eigenvalue weighted by atomic mass is 9.89. The molecule has 2 unspecified atom stereocenters. The fourth-order valence-corrected chi connectivity index (χ4v) is 1.97. The van der Waals surface area contributed by atoms with E-state index in [0.717, 1.165) is 5.92 Å². The van der Waals surface area contributed by atoms with Crippen LogP contribution in [-0.4, -0.2) is 12.6 Å². The van der Waals surface area contributed by atoms with Crippen molar-refractivity contribution in [1.29, 1.82) is 0 Å². The average molecular weight is 149 g/mol. The number of hydrogen-bond donors (Lipinski definition) is 1. The molecular formula is C10H15N. The first kappa shape index (κ1) is 7.11. The van der Waals surface area contributed by atoms with E-state index in [1.807, 2.05) is 0 Å². The van der Waals surface area contributed by atoms with Crippen molar-refractivity contribution in [3.63, 3.8) is 0 Å². The predicted molar refractivity (Wildman–Crippen MR) is 47.4 cm³/mol. The molecule has 1 N–H and O–H groups in total. The van der Waals surface area contributed by atoms with Gasteiger partial charge in [-0.05, 0) is 32.7 Å². The second-order valence-corrected chi connectivity index (χ2v) is 3.63. The van der Waals surface area contributed by atoms with Crippen molar-refractivity contribution in [2.24, 2.45) is 5.92 Å². The summed E-state index contributed by atoms with van der Waals surface area (Å²) in [5, 5.41) is 3.49. The Morgan fingerprint density at radius 3 is 2.82 bits per heavy atom. The molecule has 2 atom stereocenters. The van der Waals surface area contributed by atoms with Gasteiger partial charge in [0, 0.05) is 6.04 Å².